The highest BCUT2D eigenvalue weighted by molar-refractivity contribution is 9.09. The Morgan fingerprint density at radius 1 is 1.41 bits per heavy atom. The molecule has 0 radical (unpaired) electrons. The number of halogens is 2. The zero-order valence-corrected chi connectivity index (χ0v) is 12.3. The minimum absolute atomic E-state index is 0.00757. The third-order valence-electron chi connectivity index (χ3n) is 3.03. The van der Waals surface area contributed by atoms with Gasteiger partial charge in [-0.2, -0.15) is 0 Å². The molecular formula is C13H19BrFNO. The van der Waals surface area contributed by atoms with Crippen molar-refractivity contribution in [3.05, 3.63) is 29.6 Å². The summed E-state index contributed by atoms with van der Waals surface area (Å²) in [5, 5.41) is 0.842. The van der Waals surface area contributed by atoms with Gasteiger partial charge in [0.1, 0.15) is 11.6 Å². The fourth-order valence-corrected chi connectivity index (χ4v) is 1.78. The van der Waals surface area contributed by atoms with Crippen LogP contribution in [0.1, 0.15) is 19.4 Å². The minimum atomic E-state index is -0.221. The summed E-state index contributed by atoms with van der Waals surface area (Å²) in [6.45, 7) is 4.81. The summed E-state index contributed by atoms with van der Waals surface area (Å²) in [5.74, 6) is 0.329. The highest BCUT2D eigenvalue weighted by Gasteiger charge is 2.22. The minimum Gasteiger partial charge on any atom is -0.497 e. The first-order valence-corrected chi connectivity index (χ1v) is 6.62. The average molecular weight is 304 g/mol. The number of methoxy groups -OCH3 is 1. The zero-order chi connectivity index (χ0) is 13.1. The van der Waals surface area contributed by atoms with Crippen molar-refractivity contribution in [1.29, 1.82) is 0 Å². The van der Waals surface area contributed by atoms with Crippen molar-refractivity contribution in [3.8, 4) is 5.75 Å². The van der Waals surface area contributed by atoms with Crippen molar-refractivity contribution >= 4 is 15.9 Å². The number of hydrogen-bond acceptors (Lipinski definition) is 2. The summed E-state index contributed by atoms with van der Waals surface area (Å²) >= 11 is 3.47. The van der Waals surface area contributed by atoms with Crippen LogP contribution in [0.15, 0.2) is 18.2 Å². The maximum absolute atomic E-state index is 13.8. The normalized spacial score (nSPS) is 11.9. The molecule has 0 atom stereocenters. The van der Waals surface area contributed by atoms with Crippen molar-refractivity contribution in [2.75, 3.05) is 19.5 Å². The third kappa shape index (κ3) is 3.68. The van der Waals surface area contributed by atoms with E-state index in [2.05, 4.69) is 34.7 Å². The van der Waals surface area contributed by atoms with Gasteiger partial charge >= 0.3 is 0 Å². The molecule has 0 amide bonds. The van der Waals surface area contributed by atoms with Crippen LogP contribution in [-0.2, 0) is 6.54 Å². The van der Waals surface area contributed by atoms with Crippen LogP contribution in [0.3, 0.4) is 0 Å². The summed E-state index contributed by atoms with van der Waals surface area (Å²) in [7, 11) is 3.53. The molecule has 0 aromatic heterocycles. The number of ether oxygens (including phenoxy) is 1. The van der Waals surface area contributed by atoms with Crippen molar-refractivity contribution in [3.63, 3.8) is 0 Å². The molecule has 1 aromatic rings. The van der Waals surface area contributed by atoms with Gasteiger partial charge in [0.2, 0.25) is 0 Å². The molecule has 0 bridgehead atoms. The molecule has 96 valence electrons. The topological polar surface area (TPSA) is 12.5 Å². The highest BCUT2D eigenvalue weighted by Crippen LogP contribution is 2.21. The number of nitrogens with zero attached hydrogens (tertiary/aromatic N) is 1. The number of hydrogen-bond donors (Lipinski definition) is 0. The van der Waals surface area contributed by atoms with Gasteiger partial charge in [0.25, 0.3) is 0 Å². The summed E-state index contributed by atoms with van der Waals surface area (Å²) in [5.41, 5.74) is 0.675. The second kappa shape index (κ2) is 5.83. The molecule has 0 saturated carbocycles. The lowest BCUT2D eigenvalue weighted by molar-refractivity contribution is 0.171. The molecular weight excluding hydrogens is 285 g/mol. The van der Waals surface area contributed by atoms with E-state index in [0.717, 1.165) is 5.33 Å². The van der Waals surface area contributed by atoms with Crippen LogP contribution in [0.2, 0.25) is 0 Å². The smallest absolute Gasteiger partial charge is 0.131 e. The lowest BCUT2D eigenvalue weighted by atomic mass is 10.1. The Hall–Kier alpha value is -0.610. The molecule has 2 nitrogen and oxygen atoms in total. The molecule has 1 aromatic carbocycles. The fraction of sp³-hybridized carbons (Fsp3) is 0.538. The Balaban J connectivity index is 2.82. The van der Waals surface area contributed by atoms with E-state index >= 15 is 0 Å². The molecule has 0 saturated heterocycles. The van der Waals surface area contributed by atoms with Crippen molar-refractivity contribution in [2.24, 2.45) is 0 Å². The van der Waals surface area contributed by atoms with Crippen LogP contribution in [0, 0.1) is 5.82 Å². The predicted molar refractivity (Wildman–Crippen MR) is 72.3 cm³/mol. The first-order valence-electron chi connectivity index (χ1n) is 5.50. The first-order chi connectivity index (χ1) is 7.90. The van der Waals surface area contributed by atoms with Crippen LogP contribution in [-0.4, -0.2) is 29.9 Å². The van der Waals surface area contributed by atoms with Crippen molar-refractivity contribution in [2.45, 2.75) is 25.9 Å². The molecule has 17 heavy (non-hydrogen) atoms. The summed E-state index contributed by atoms with van der Waals surface area (Å²) in [6.07, 6.45) is 0. The first kappa shape index (κ1) is 14.5. The number of alkyl halides is 1. The van der Waals surface area contributed by atoms with E-state index in [1.54, 1.807) is 12.1 Å². The van der Waals surface area contributed by atoms with Gasteiger partial charge in [-0.05, 0) is 27.0 Å². The lowest BCUT2D eigenvalue weighted by Crippen LogP contribution is -2.42. The Kier molecular flexibility index (Phi) is 4.95. The van der Waals surface area contributed by atoms with Crippen LogP contribution < -0.4 is 4.74 Å². The zero-order valence-electron chi connectivity index (χ0n) is 10.8. The highest BCUT2D eigenvalue weighted by atomic mass is 79.9. The van der Waals surface area contributed by atoms with Crippen LogP contribution in [0.5, 0.6) is 5.75 Å². The maximum atomic E-state index is 13.8. The van der Waals surface area contributed by atoms with E-state index in [1.807, 2.05) is 7.05 Å². The van der Waals surface area contributed by atoms with E-state index in [4.69, 9.17) is 4.74 Å². The Labute approximate surface area is 111 Å². The Morgan fingerprint density at radius 2 is 2.06 bits per heavy atom. The Bertz CT molecular complexity index is 382. The second-order valence-corrected chi connectivity index (χ2v) is 5.32. The van der Waals surface area contributed by atoms with E-state index in [-0.39, 0.29) is 11.4 Å². The standard InChI is InChI=1S/C13H19BrFNO/c1-13(2,9-14)16(3)8-10-5-6-11(17-4)7-12(10)15/h5-7H,8-9H2,1-4H3. The fourth-order valence-electron chi connectivity index (χ4n) is 1.35. The van der Waals surface area contributed by atoms with Gasteiger partial charge in [-0.25, -0.2) is 4.39 Å². The van der Waals surface area contributed by atoms with Gasteiger partial charge in [-0.1, -0.05) is 22.0 Å². The van der Waals surface area contributed by atoms with E-state index in [9.17, 15) is 4.39 Å². The van der Waals surface area contributed by atoms with E-state index in [0.29, 0.717) is 17.9 Å². The molecule has 0 unspecified atom stereocenters. The lowest BCUT2D eigenvalue weighted by Gasteiger charge is -2.34. The number of rotatable bonds is 5. The number of benzene rings is 1. The van der Waals surface area contributed by atoms with E-state index < -0.39 is 0 Å². The van der Waals surface area contributed by atoms with Gasteiger partial charge in [0, 0.05) is 29.0 Å². The summed E-state index contributed by atoms with van der Waals surface area (Å²) in [4.78, 5) is 2.12. The molecule has 4 heteroatoms. The molecule has 0 spiro atoms. The van der Waals surface area contributed by atoms with Crippen LogP contribution in [0.25, 0.3) is 0 Å². The van der Waals surface area contributed by atoms with Gasteiger partial charge in [0.15, 0.2) is 0 Å². The van der Waals surface area contributed by atoms with Gasteiger partial charge in [-0.15, -0.1) is 0 Å². The van der Waals surface area contributed by atoms with Gasteiger partial charge < -0.3 is 4.74 Å². The van der Waals surface area contributed by atoms with Crippen molar-refractivity contribution in [1.82, 2.24) is 4.90 Å². The molecule has 0 N–H and O–H groups in total. The molecule has 0 aliphatic rings. The third-order valence-corrected chi connectivity index (χ3v) is 4.40. The largest absolute Gasteiger partial charge is 0.497 e. The quantitative estimate of drug-likeness (QED) is 0.773. The molecule has 1 rings (SSSR count). The predicted octanol–water partition coefficient (Wildman–Crippen LogP) is 3.44. The Morgan fingerprint density at radius 3 is 2.53 bits per heavy atom. The van der Waals surface area contributed by atoms with Gasteiger partial charge in [-0.3, -0.25) is 4.90 Å². The molecule has 0 aliphatic carbocycles. The second-order valence-electron chi connectivity index (χ2n) is 4.76. The van der Waals surface area contributed by atoms with Crippen molar-refractivity contribution < 1.29 is 9.13 Å². The molecule has 0 aliphatic heterocycles. The monoisotopic (exact) mass is 303 g/mol. The molecule has 0 heterocycles. The average Bonchev–Trinajstić information content (AvgIpc) is 2.31. The van der Waals surface area contributed by atoms with Crippen LogP contribution >= 0.6 is 15.9 Å². The summed E-state index contributed by atoms with van der Waals surface area (Å²) in [6, 6.07) is 4.98. The maximum Gasteiger partial charge on any atom is 0.131 e. The van der Waals surface area contributed by atoms with Gasteiger partial charge in [0.05, 0.1) is 7.11 Å². The SMILES string of the molecule is COc1ccc(CN(C)C(C)(C)CBr)c(F)c1. The molecule has 0 fully saturated rings. The van der Waals surface area contributed by atoms with Crippen LogP contribution in [0.4, 0.5) is 4.39 Å². The summed E-state index contributed by atoms with van der Waals surface area (Å²) < 4.78 is 18.8. The van der Waals surface area contributed by atoms with E-state index in [1.165, 1.54) is 13.2 Å².